The third-order valence-electron chi connectivity index (χ3n) is 3.54. The number of carbonyl (C=O) groups is 1. The van der Waals surface area contributed by atoms with Gasteiger partial charge in [-0.15, -0.1) is 0 Å². The first kappa shape index (κ1) is 19.3. The molecule has 4 heteroatoms. The molecule has 0 aliphatic carbocycles. The highest BCUT2D eigenvalue weighted by atomic mass is 16.5. The molecule has 0 bridgehead atoms. The molecule has 1 atom stereocenters. The van der Waals surface area contributed by atoms with E-state index in [1.807, 2.05) is 58.0 Å². The molecule has 0 heterocycles. The van der Waals surface area contributed by atoms with Crippen LogP contribution >= 0.6 is 0 Å². The van der Waals surface area contributed by atoms with Gasteiger partial charge >= 0.3 is 5.97 Å². The maximum absolute atomic E-state index is 11.9. The number of unbranched alkanes of at least 4 members (excludes halogenated alkanes) is 1. The lowest BCUT2D eigenvalue weighted by Crippen LogP contribution is -2.22. The Balaban J connectivity index is 2.81. The highest BCUT2D eigenvalue weighted by Gasteiger charge is 2.28. The fourth-order valence-electron chi connectivity index (χ4n) is 2.06. The molecule has 128 valence electrons. The van der Waals surface area contributed by atoms with E-state index in [0.717, 1.165) is 18.4 Å². The highest BCUT2D eigenvalue weighted by molar-refractivity contribution is 5.69. The molecule has 1 unspecified atom stereocenters. The van der Waals surface area contributed by atoms with Crippen LogP contribution < -0.4 is 0 Å². The first-order chi connectivity index (χ1) is 10.8. The average Bonchev–Trinajstić information content (AvgIpc) is 2.51. The number of nitrogens with zero attached hydrogens (tertiary/aromatic N) is 2. The number of esters is 1. The Bertz CT molecular complexity index is 506. The van der Waals surface area contributed by atoms with Crippen molar-refractivity contribution < 1.29 is 9.53 Å². The van der Waals surface area contributed by atoms with Gasteiger partial charge in [0.05, 0.1) is 12.1 Å². The van der Waals surface area contributed by atoms with Crippen LogP contribution in [0.1, 0.15) is 65.9 Å². The van der Waals surface area contributed by atoms with Crippen LogP contribution in [0.3, 0.4) is 0 Å². The van der Waals surface area contributed by atoms with Gasteiger partial charge in [-0.25, -0.2) is 0 Å². The smallest absolute Gasteiger partial charge is 0.305 e. The lowest BCUT2D eigenvalue weighted by Gasteiger charge is -2.26. The molecule has 0 aliphatic rings. The van der Waals surface area contributed by atoms with Crippen LogP contribution in [-0.2, 0) is 15.1 Å². The summed E-state index contributed by atoms with van der Waals surface area (Å²) in [6.07, 6.45) is 2.86. The molecule has 0 N–H and O–H groups in total. The minimum absolute atomic E-state index is 0.161. The molecule has 0 saturated heterocycles. The molecule has 0 fully saturated rings. The monoisotopic (exact) mass is 318 g/mol. The third kappa shape index (κ3) is 7.40. The Morgan fingerprint density at radius 2 is 1.74 bits per heavy atom. The van der Waals surface area contributed by atoms with E-state index in [1.54, 1.807) is 0 Å². The van der Waals surface area contributed by atoms with Gasteiger partial charge in [0.25, 0.3) is 0 Å². The molecule has 1 rings (SSSR count). The van der Waals surface area contributed by atoms with Gasteiger partial charge in [-0.1, -0.05) is 43.7 Å². The standard InChI is InChI=1S/C19H30N2O2/c1-6-7-15-23-17(22)13-14-19(5,21-20-18(2,3)4)16-11-9-8-10-12-16/h8-12H,6-7,13-15H2,1-5H3. The zero-order chi connectivity index (χ0) is 17.3. The Morgan fingerprint density at radius 1 is 1.09 bits per heavy atom. The maximum Gasteiger partial charge on any atom is 0.305 e. The molecule has 0 amide bonds. The maximum atomic E-state index is 11.9. The molecule has 1 aromatic rings. The molecule has 4 nitrogen and oxygen atoms in total. The van der Waals surface area contributed by atoms with E-state index in [1.165, 1.54) is 0 Å². The highest BCUT2D eigenvalue weighted by Crippen LogP contribution is 2.32. The van der Waals surface area contributed by atoms with Crippen LogP contribution in [0, 0.1) is 0 Å². The molecule has 0 radical (unpaired) electrons. The van der Waals surface area contributed by atoms with E-state index in [4.69, 9.17) is 4.74 Å². The summed E-state index contributed by atoms with van der Waals surface area (Å²) >= 11 is 0. The summed E-state index contributed by atoms with van der Waals surface area (Å²) in [5.41, 5.74) is 0.310. The third-order valence-corrected chi connectivity index (χ3v) is 3.54. The van der Waals surface area contributed by atoms with E-state index in [9.17, 15) is 4.79 Å². The number of azo groups is 1. The van der Waals surface area contributed by atoms with Crippen LogP contribution in [0.25, 0.3) is 0 Å². The van der Waals surface area contributed by atoms with Crippen molar-refractivity contribution in [2.75, 3.05) is 6.61 Å². The van der Waals surface area contributed by atoms with Crippen molar-refractivity contribution in [1.82, 2.24) is 0 Å². The summed E-state index contributed by atoms with van der Waals surface area (Å²) < 4.78 is 5.25. The second-order valence-corrected chi connectivity index (χ2v) is 7.08. The summed E-state index contributed by atoms with van der Waals surface area (Å²) in [7, 11) is 0. The van der Waals surface area contributed by atoms with E-state index in [2.05, 4.69) is 17.2 Å². The number of rotatable bonds is 8. The molecule has 0 saturated carbocycles. The van der Waals surface area contributed by atoms with Crippen LogP contribution in [0.15, 0.2) is 40.6 Å². The van der Waals surface area contributed by atoms with Gasteiger partial charge in [-0.3, -0.25) is 4.79 Å². The van der Waals surface area contributed by atoms with Crippen molar-refractivity contribution in [3.8, 4) is 0 Å². The summed E-state index contributed by atoms with van der Waals surface area (Å²) in [6.45, 7) is 10.6. The second-order valence-electron chi connectivity index (χ2n) is 7.08. The van der Waals surface area contributed by atoms with E-state index < -0.39 is 5.54 Å². The van der Waals surface area contributed by atoms with E-state index >= 15 is 0 Å². The molecule has 0 aromatic heterocycles. The fraction of sp³-hybridized carbons (Fsp3) is 0.632. The van der Waals surface area contributed by atoms with Gasteiger partial charge in [0, 0.05) is 6.42 Å². The van der Waals surface area contributed by atoms with Gasteiger partial charge in [0.1, 0.15) is 5.54 Å². The predicted octanol–water partition coefficient (Wildman–Crippen LogP) is 5.28. The van der Waals surface area contributed by atoms with Crippen molar-refractivity contribution in [2.24, 2.45) is 10.2 Å². The number of hydrogen-bond donors (Lipinski definition) is 0. The Hall–Kier alpha value is -1.71. The average molecular weight is 318 g/mol. The fourth-order valence-corrected chi connectivity index (χ4v) is 2.06. The summed E-state index contributed by atoms with van der Waals surface area (Å²) in [5, 5.41) is 9.01. The number of carbonyl (C=O) groups excluding carboxylic acids is 1. The second kappa shape index (κ2) is 8.80. The molecule has 1 aromatic carbocycles. The molecule has 0 spiro atoms. The van der Waals surface area contributed by atoms with E-state index in [0.29, 0.717) is 19.4 Å². The summed E-state index contributed by atoms with van der Waals surface area (Å²) in [4.78, 5) is 11.9. The summed E-state index contributed by atoms with van der Waals surface area (Å²) in [5.74, 6) is -0.161. The van der Waals surface area contributed by atoms with Crippen molar-refractivity contribution in [1.29, 1.82) is 0 Å². The Kier molecular flexibility index (Phi) is 7.40. The largest absolute Gasteiger partial charge is 0.466 e. The molecular formula is C19H30N2O2. The molecule has 23 heavy (non-hydrogen) atoms. The zero-order valence-electron chi connectivity index (χ0n) is 15.1. The van der Waals surface area contributed by atoms with Gasteiger partial charge in [0.15, 0.2) is 0 Å². The van der Waals surface area contributed by atoms with Crippen LogP contribution in [0.2, 0.25) is 0 Å². The lowest BCUT2D eigenvalue weighted by atomic mass is 9.88. The minimum Gasteiger partial charge on any atom is -0.466 e. The van der Waals surface area contributed by atoms with Crippen molar-refractivity contribution >= 4 is 5.97 Å². The minimum atomic E-state index is -0.516. The first-order valence-electron chi connectivity index (χ1n) is 8.42. The van der Waals surface area contributed by atoms with E-state index in [-0.39, 0.29) is 11.5 Å². The van der Waals surface area contributed by atoms with Crippen LogP contribution in [0.5, 0.6) is 0 Å². The quantitative estimate of drug-likeness (QED) is 0.372. The van der Waals surface area contributed by atoms with Crippen molar-refractivity contribution in [3.05, 3.63) is 35.9 Å². The Morgan fingerprint density at radius 3 is 2.30 bits per heavy atom. The lowest BCUT2D eigenvalue weighted by molar-refractivity contribution is -0.144. The summed E-state index contributed by atoms with van der Waals surface area (Å²) in [6, 6.07) is 10.0. The van der Waals surface area contributed by atoms with Crippen molar-refractivity contribution in [2.45, 2.75) is 71.4 Å². The zero-order valence-corrected chi connectivity index (χ0v) is 15.1. The van der Waals surface area contributed by atoms with Gasteiger partial charge in [-0.05, 0) is 46.1 Å². The number of ether oxygens (including phenoxy) is 1. The van der Waals surface area contributed by atoms with Crippen molar-refractivity contribution in [3.63, 3.8) is 0 Å². The first-order valence-corrected chi connectivity index (χ1v) is 8.42. The van der Waals surface area contributed by atoms with Gasteiger partial charge < -0.3 is 4.74 Å². The number of benzene rings is 1. The van der Waals surface area contributed by atoms with Gasteiger partial charge in [0.2, 0.25) is 0 Å². The van der Waals surface area contributed by atoms with Crippen LogP contribution in [-0.4, -0.2) is 18.1 Å². The molecular weight excluding hydrogens is 288 g/mol. The van der Waals surface area contributed by atoms with Crippen LogP contribution in [0.4, 0.5) is 0 Å². The van der Waals surface area contributed by atoms with Gasteiger partial charge in [-0.2, -0.15) is 10.2 Å². The SMILES string of the molecule is CCCCOC(=O)CCC(C)(N=NC(C)(C)C)c1ccccc1. The molecule has 0 aliphatic heterocycles. The Labute approximate surface area is 140 Å². The topological polar surface area (TPSA) is 51.0 Å². The normalized spacial score (nSPS) is 14.7. The predicted molar refractivity (Wildman–Crippen MR) is 93.5 cm³/mol. The number of hydrogen-bond acceptors (Lipinski definition) is 4.